The first-order valence-corrected chi connectivity index (χ1v) is 6.09. The Morgan fingerprint density at radius 1 is 1.38 bits per heavy atom. The van der Waals surface area contributed by atoms with Crippen LogP contribution in [0.25, 0.3) is 0 Å². The monoisotopic (exact) mass is 285 g/mol. The van der Waals surface area contributed by atoms with Crippen molar-refractivity contribution < 1.29 is 14.3 Å². The van der Waals surface area contributed by atoms with Crippen LogP contribution in [0.3, 0.4) is 0 Å². The Balaban J connectivity index is 2.16. The Morgan fingerprint density at radius 2 is 2.19 bits per heavy atom. The fourth-order valence-corrected chi connectivity index (χ4v) is 1.53. The van der Waals surface area contributed by atoms with Crippen molar-refractivity contribution in [2.75, 3.05) is 11.9 Å². The van der Waals surface area contributed by atoms with Crippen LogP contribution in [0.2, 0.25) is 0 Å². The van der Waals surface area contributed by atoms with E-state index >= 15 is 0 Å². The number of aliphatic hydroxyl groups is 1. The molecule has 0 saturated carbocycles. The van der Waals surface area contributed by atoms with E-state index in [-0.39, 0.29) is 18.0 Å². The molecule has 1 aromatic carbocycles. The van der Waals surface area contributed by atoms with Crippen molar-refractivity contribution >= 4 is 11.6 Å². The maximum atomic E-state index is 13.8. The quantitative estimate of drug-likeness (QED) is 0.820. The van der Waals surface area contributed by atoms with E-state index in [9.17, 15) is 9.18 Å². The minimum absolute atomic E-state index is 0.0249. The molecule has 0 bridgehead atoms. The average molecular weight is 285 g/mol. The van der Waals surface area contributed by atoms with Gasteiger partial charge in [-0.1, -0.05) is 11.8 Å². The normalized spacial score (nSPS) is 9.67. The lowest BCUT2D eigenvalue weighted by Gasteiger charge is -2.06. The predicted molar refractivity (Wildman–Crippen MR) is 75.1 cm³/mol. The van der Waals surface area contributed by atoms with Crippen molar-refractivity contribution in [3.8, 4) is 11.8 Å². The Labute approximate surface area is 120 Å². The van der Waals surface area contributed by atoms with Crippen LogP contribution in [0.1, 0.15) is 21.7 Å². The van der Waals surface area contributed by atoms with Crippen molar-refractivity contribution in [1.82, 2.24) is 9.97 Å². The summed E-state index contributed by atoms with van der Waals surface area (Å²) in [5, 5.41) is 11.0. The molecule has 0 aliphatic heterocycles. The molecule has 1 heterocycles. The van der Waals surface area contributed by atoms with Gasteiger partial charge in [0.25, 0.3) is 5.91 Å². The maximum Gasteiger partial charge on any atom is 0.275 e. The highest BCUT2D eigenvalue weighted by Crippen LogP contribution is 2.16. The number of nitrogens with zero attached hydrogens (tertiary/aromatic N) is 2. The van der Waals surface area contributed by atoms with E-state index in [0.29, 0.717) is 11.3 Å². The minimum atomic E-state index is -0.617. The van der Waals surface area contributed by atoms with Crippen molar-refractivity contribution in [2.45, 2.75) is 6.92 Å². The number of aromatic nitrogens is 2. The highest BCUT2D eigenvalue weighted by Gasteiger charge is 2.11. The number of anilines is 1. The number of hydrogen-bond acceptors (Lipinski definition) is 4. The molecule has 21 heavy (non-hydrogen) atoms. The molecule has 5 nitrogen and oxygen atoms in total. The predicted octanol–water partition coefficient (Wildman–Crippen LogP) is 1.52. The van der Waals surface area contributed by atoms with Gasteiger partial charge in [-0.15, -0.1) is 0 Å². The molecule has 1 aromatic heterocycles. The molecule has 0 radical (unpaired) electrons. The molecule has 0 atom stereocenters. The fourth-order valence-electron chi connectivity index (χ4n) is 1.53. The van der Waals surface area contributed by atoms with Crippen LogP contribution in [0, 0.1) is 24.6 Å². The van der Waals surface area contributed by atoms with Crippen LogP contribution in [-0.4, -0.2) is 27.6 Å². The van der Waals surface area contributed by atoms with E-state index < -0.39 is 11.7 Å². The number of amides is 1. The highest BCUT2D eigenvalue weighted by molar-refractivity contribution is 6.02. The Kier molecular flexibility index (Phi) is 4.59. The number of benzene rings is 1. The lowest BCUT2D eigenvalue weighted by molar-refractivity contribution is 0.102. The van der Waals surface area contributed by atoms with Gasteiger partial charge in [-0.25, -0.2) is 9.37 Å². The molecule has 106 valence electrons. The van der Waals surface area contributed by atoms with Crippen molar-refractivity contribution in [1.29, 1.82) is 0 Å². The topological polar surface area (TPSA) is 75.1 Å². The summed E-state index contributed by atoms with van der Waals surface area (Å²) in [5.74, 6) is 3.83. The van der Waals surface area contributed by atoms with E-state index in [1.54, 1.807) is 13.0 Å². The molecule has 6 heteroatoms. The number of carbonyl (C=O) groups is 1. The van der Waals surface area contributed by atoms with Gasteiger partial charge in [0.1, 0.15) is 18.1 Å². The largest absolute Gasteiger partial charge is 0.384 e. The van der Waals surface area contributed by atoms with Gasteiger partial charge in [-0.2, -0.15) is 0 Å². The molecule has 1 amide bonds. The summed E-state index contributed by atoms with van der Waals surface area (Å²) in [6.07, 6.45) is 2.78. The van der Waals surface area contributed by atoms with Gasteiger partial charge in [0.05, 0.1) is 17.6 Å². The third kappa shape index (κ3) is 3.84. The minimum Gasteiger partial charge on any atom is -0.384 e. The zero-order chi connectivity index (χ0) is 15.2. The number of nitrogens with one attached hydrogen (secondary N) is 1. The molecule has 0 aliphatic carbocycles. The molecule has 2 N–H and O–H groups in total. The van der Waals surface area contributed by atoms with Crippen LogP contribution in [0.5, 0.6) is 0 Å². The van der Waals surface area contributed by atoms with Gasteiger partial charge in [-0.3, -0.25) is 9.78 Å². The molecule has 2 aromatic rings. The molecule has 0 spiro atoms. The van der Waals surface area contributed by atoms with Crippen molar-refractivity contribution in [3.05, 3.63) is 53.4 Å². The van der Waals surface area contributed by atoms with Crippen molar-refractivity contribution in [2.24, 2.45) is 0 Å². The lowest BCUT2D eigenvalue weighted by Crippen LogP contribution is -2.15. The van der Waals surface area contributed by atoms with Crippen LogP contribution in [-0.2, 0) is 0 Å². The van der Waals surface area contributed by atoms with Gasteiger partial charge in [0.2, 0.25) is 0 Å². The third-order valence-electron chi connectivity index (χ3n) is 2.54. The van der Waals surface area contributed by atoms with Gasteiger partial charge in [0, 0.05) is 11.8 Å². The highest BCUT2D eigenvalue weighted by atomic mass is 19.1. The molecule has 0 unspecified atom stereocenters. The second kappa shape index (κ2) is 6.59. The van der Waals surface area contributed by atoms with E-state index in [1.807, 2.05) is 0 Å². The molecular formula is C15H12FN3O2. The summed E-state index contributed by atoms with van der Waals surface area (Å²) in [5.41, 5.74) is 1.22. The fraction of sp³-hybridized carbons (Fsp3) is 0.133. The number of aryl methyl sites for hydroxylation is 1. The zero-order valence-electron chi connectivity index (χ0n) is 11.2. The average Bonchev–Trinajstić information content (AvgIpc) is 2.48. The molecule has 0 fully saturated rings. The summed E-state index contributed by atoms with van der Waals surface area (Å²) in [6.45, 7) is 1.45. The smallest absolute Gasteiger partial charge is 0.275 e. The van der Waals surface area contributed by atoms with Gasteiger partial charge < -0.3 is 10.4 Å². The summed E-state index contributed by atoms with van der Waals surface area (Å²) >= 11 is 0. The number of aliphatic hydroxyl groups excluding tert-OH is 1. The van der Waals surface area contributed by atoms with Gasteiger partial charge >= 0.3 is 0 Å². The summed E-state index contributed by atoms with van der Waals surface area (Å²) in [7, 11) is 0. The second-order valence-corrected chi connectivity index (χ2v) is 4.15. The van der Waals surface area contributed by atoms with E-state index in [2.05, 4.69) is 27.1 Å². The van der Waals surface area contributed by atoms with Crippen LogP contribution >= 0.6 is 0 Å². The second-order valence-electron chi connectivity index (χ2n) is 4.15. The third-order valence-corrected chi connectivity index (χ3v) is 2.54. The SMILES string of the molecule is Cc1cnc(C(=O)Nc2ccc(C#CCO)cc2F)cn1. The maximum absolute atomic E-state index is 13.8. The molecule has 0 saturated heterocycles. The summed E-state index contributed by atoms with van der Waals surface area (Å²) in [4.78, 5) is 19.8. The zero-order valence-corrected chi connectivity index (χ0v) is 11.2. The molecule has 2 rings (SSSR count). The molecular weight excluding hydrogens is 273 g/mol. The van der Waals surface area contributed by atoms with Crippen molar-refractivity contribution in [3.63, 3.8) is 0 Å². The summed E-state index contributed by atoms with van der Waals surface area (Å²) < 4.78 is 13.8. The Morgan fingerprint density at radius 3 is 2.81 bits per heavy atom. The Bertz CT molecular complexity index is 718. The van der Waals surface area contributed by atoms with Crippen LogP contribution in [0.4, 0.5) is 10.1 Å². The van der Waals surface area contributed by atoms with Crippen LogP contribution < -0.4 is 5.32 Å². The number of hydrogen-bond donors (Lipinski definition) is 2. The first kappa shape index (κ1) is 14.6. The van der Waals surface area contributed by atoms with E-state index in [0.717, 1.165) is 0 Å². The number of rotatable bonds is 2. The van der Waals surface area contributed by atoms with Crippen LogP contribution in [0.15, 0.2) is 30.6 Å². The summed E-state index contributed by atoms with van der Waals surface area (Å²) in [6, 6.07) is 4.12. The first-order valence-electron chi connectivity index (χ1n) is 6.09. The first-order chi connectivity index (χ1) is 10.1. The standard InChI is InChI=1S/C15H12FN3O2/c1-10-8-18-14(9-17-10)15(21)19-13-5-4-11(3-2-6-20)7-12(13)16/h4-5,7-9,20H,6H2,1H3,(H,19,21). The molecule has 0 aliphatic rings. The number of halogens is 1. The van der Waals surface area contributed by atoms with E-state index in [1.165, 1.54) is 24.5 Å². The van der Waals surface area contributed by atoms with Gasteiger partial charge in [-0.05, 0) is 25.1 Å². The number of carbonyl (C=O) groups excluding carboxylic acids is 1. The van der Waals surface area contributed by atoms with Gasteiger partial charge in [0.15, 0.2) is 0 Å². The lowest BCUT2D eigenvalue weighted by atomic mass is 10.2. The Hall–Kier alpha value is -2.78. The van der Waals surface area contributed by atoms with E-state index in [4.69, 9.17) is 5.11 Å².